The van der Waals surface area contributed by atoms with E-state index in [2.05, 4.69) is 5.32 Å². The van der Waals surface area contributed by atoms with Crippen LogP contribution in [0.2, 0.25) is 5.02 Å². The van der Waals surface area contributed by atoms with Crippen LogP contribution in [0, 0.1) is 5.82 Å². The molecule has 3 nitrogen and oxygen atoms in total. The van der Waals surface area contributed by atoms with E-state index >= 15 is 0 Å². The summed E-state index contributed by atoms with van der Waals surface area (Å²) in [6.45, 7) is 0.441. The van der Waals surface area contributed by atoms with Crippen LogP contribution in [0.5, 0.6) is 0 Å². The molecule has 0 bridgehead atoms. The van der Waals surface area contributed by atoms with Gasteiger partial charge >= 0.3 is 0 Å². The van der Waals surface area contributed by atoms with Crippen molar-refractivity contribution in [2.24, 2.45) is 0 Å². The van der Waals surface area contributed by atoms with E-state index in [1.165, 1.54) is 12.1 Å². The van der Waals surface area contributed by atoms with Crippen LogP contribution >= 0.6 is 11.6 Å². The lowest BCUT2D eigenvalue weighted by atomic mass is 10.1. The van der Waals surface area contributed by atoms with Gasteiger partial charge in [-0.1, -0.05) is 29.8 Å². The average molecular weight is 293 g/mol. The summed E-state index contributed by atoms with van der Waals surface area (Å²) in [5.41, 5.74) is 7.33. The van der Waals surface area contributed by atoms with Crippen molar-refractivity contribution in [3.05, 3.63) is 64.4 Å². The first-order valence-electron chi connectivity index (χ1n) is 6.14. The van der Waals surface area contributed by atoms with Gasteiger partial charge in [0.05, 0.1) is 16.3 Å². The van der Waals surface area contributed by atoms with E-state index in [0.717, 1.165) is 5.56 Å². The van der Waals surface area contributed by atoms with Crippen molar-refractivity contribution < 1.29 is 9.18 Å². The second-order valence-corrected chi connectivity index (χ2v) is 4.74. The molecule has 0 aliphatic rings. The average Bonchev–Trinajstić information content (AvgIpc) is 2.44. The molecule has 0 radical (unpaired) electrons. The Hall–Kier alpha value is -2.07. The van der Waals surface area contributed by atoms with Gasteiger partial charge < -0.3 is 11.1 Å². The normalized spacial score (nSPS) is 10.3. The summed E-state index contributed by atoms with van der Waals surface area (Å²) in [5, 5.41) is 3.12. The van der Waals surface area contributed by atoms with Gasteiger partial charge in [0.15, 0.2) is 0 Å². The third-order valence-corrected chi connectivity index (χ3v) is 3.24. The molecule has 3 N–H and O–H groups in total. The van der Waals surface area contributed by atoms with Gasteiger partial charge in [-0.05, 0) is 36.2 Å². The standard InChI is InChI=1S/C15H14ClFN2O/c16-13-3-1-2-12(14(13)18)15(20)19-9-8-10-4-6-11(17)7-5-10/h1-7H,8-9,18H2,(H,19,20). The molecule has 2 aromatic rings. The molecule has 20 heavy (non-hydrogen) atoms. The Morgan fingerprint density at radius 1 is 1.20 bits per heavy atom. The molecule has 1 amide bonds. The number of carbonyl (C=O) groups is 1. The Morgan fingerprint density at radius 2 is 1.90 bits per heavy atom. The molecule has 0 saturated carbocycles. The minimum atomic E-state index is -0.274. The van der Waals surface area contributed by atoms with Crippen molar-refractivity contribution in [1.29, 1.82) is 0 Å². The molecule has 0 atom stereocenters. The number of nitrogens with two attached hydrogens (primary N) is 1. The monoisotopic (exact) mass is 292 g/mol. The fraction of sp³-hybridized carbons (Fsp3) is 0.133. The van der Waals surface area contributed by atoms with Crippen LogP contribution < -0.4 is 11.1 Å². The molecule has 0 aliphatic carbocycles. The quantitative estimate of drug-likeness (QED) is 0.851. The highest BCUT2D eigenvalue weighted by atomic mass is 35.5. The van der Waals surface area contributed by atoms with Crippen LogP contribution in [-0.4, -0.2) is 12.5 Å². The highest BCUT2D eigenvalue weighted by molar-refractivity contribution is 6.33. The molecule has 0 fully saturated rings. The Bertz CT molecular complexity index is 614. The lowest BCUT2D eigenvalue weighted by Gasteiger charge is -2.08. The number of hydrogen-bond donors (Lipinski definition) is 2. The number of halogens is 2. The molecular weight excluding hydrogens is 279 g/mol. The van der Waals surface area contributed by atoms with Crippen molar-refractivity contribution in [1.82, 2.24) is 5.32 Å². The predicted molar refractivity (Wildman–Crippen MR) is 78.3 cm³/mol. The van der Waals surface area contributed by atoms with Crippen LogP contribution in [-0.2, 0) is 6.42 Å². The molecule has 0 aliphatic heterocycles. The summed E-state index contributed by atoms with van der Waals surface area (Å²) < 4.78 is 12.7. The molecule has 2 rings (SSSR count). The van der Waals surface area contributed by atoms with E-state index in [1.807, 2.05) is 0 Å². The molecule has 104 valence electrons. The lowest BCUT2D eigenvalue weighted by molar-refractivity contribution is 0.0955. The van der Waals surface area contributed by atoms with Gasteiger partial charge in [-0.25, -0.2) is 4.39 Å². The smallest absolute Gasteiger partial charge is 0.253 e. The third-order valence-electron chi connectivity index (χ3n) is 2.91. The molecule has 0 heterocycles. The van der Waals surface area contributed by atoms with E-state index in [1.54, 1.807) is 30.3 Å². The van der Waals surface area contributed by atoms with Crippen LogP contribution in [0.4, 0.5) is 10.1 Å². The summed E-state index contributed by atoms with van der Waals surface area (Å²) in [5.74, 6) is -0.545. The van der Waals surface area contributed by atoms with Gasteiger partial charge in [-0.3, -0.25) is 4.79 Å². The van der Waals surface area contributed by atoms with Crippen molar-refractivity contribution >= 4 is 23.2 Å². The fourth-order valence-electron chi connectivity index (χ4n) is 1.80. The molecule has 0 saturated heterocycles. The van der Waals surface area contributed by atoms with Crippen molar-refractivity contribution in [3.63, 3.8) is 0 Å². The Labute approximate surface area is 121 Å². The zero-order valence-electron chi connectivity index (χ0n) is 10.7. The highest BCUT2D eigenvalue weighted by Gasteiger charge is 2.10. The lowest BCUT2D eigenvalue weighted by Crippen LogP contribution is -2.26. The molecule has 2 aromatic carbocycles. The number of para-hydroxylation sites is 1. The first-order chi connectivity index (χ1) is 9.58. The topological polar surface area (TPSA) is 55.1 Å². The van der Waals surface area contributed by atoms with Gasteiger partial charge in [-0.15, -0.1) is 0 Å². The number of hydrogen-bond acceptors (Lipinski definition) is 2. The van der Waals surface area contributed by atoms with E-state index in [0.29, 0.717) is 23.6 Å². The minimum absolute atomic E-state index is 0.271. The third kappa shape index (κ3) is 3.48. The Morgan fingerprint density at radius 3 is 2.60 bits per heavy atom. The molecule has 5 heteroatoms. The summed E-state index contributed by atoms with van der Waals surface area (Å²) in [6, 6.07) is 11.1. The number of benzene rings is 2. The number of carbonyl (C=O) groups excluding carboxylic acids is 1. The van der Waals surface area contributed by atoms with Crippen LogP contribution in [0.1, 0.15) is 15.9 Å². The zero-order valence-corrected chi connectivity index (χ0v) is 11.5. The van der Waals surface area contributed by atoms with Crippen molar-refractivity contribution in [3.8, 4) is 0 Å². The van der Waals surface area contributed by atoms with Crippen LogP contribution in [0.25, 0.3) is 0 Å². The fourth-order valence-corrected chi connectivity index (χ4v) is 1.98. The summed E-state index contributed by atoms with van der Waals surface area (Å²) in [6.07, 6.45) is 0.618. The van der Waals surface area contributed by atoms with Crippen LogP contribution in [0.3, 0.4) is 0 Å². The molecular formula is C15H14ClFN2O. The predicted octanol–water partition coefficient (Wildman–Crippen LogP) is 3.03. The highest BCUT2D eigenvalue weighted by Crippen LogP contribution is 2.22. The van der Waals surface area contributed by atoms with Gasteiger partial charge in [0.1, 0.15) is 5.82 Å². The number of amides is 1. The molecule has 0 unspecified atom stereocenters. The van der Waals surface area contributed by atoms with E-state index in [9.17, 15) is 9.18 Å². The van der Waals surface area contributed by atoms with Gasteiger partial charge in [0.25, 0.3) is 5.91 Å². The first kappa shape index (κ1) is 14.3. The summed E-state index contributed by atoms with van der Waals surface area (Å²) in [4.78, 5) is 12.0. The van der Waals surface area contributed by atoms with Crippen LogP contribution in [0.15, 0.2) is 42.5 Å². The minimum Gasteiger partial charge on any atom is -0.397 e. The SMILES string of the molecule is Nc1c(Cl)cccc1C(=O)NCCc1ccc(F)cc1. The second kappa shape index (κ2) is 6.39. The maximum atomic E-state index is 12.7. The van der Waals surface area contributed by atoms with Crippen molar-refractivity contribution in [2.45, 2.75) is 6.42 Å². The van der Waals surface area contributed by atoms with E-state index in [-0.39, 0.29) is 17.4 Å². The maximum absolute atomic E-state index is 12.7. The zero-order chi connectivity index (χ0) is 14.5. The number of rotatable bonds is 4. The Kier molecular flexibility index (Phi) is 4.58. The second-order valence-electron chi connectivity index (χ2n) is 4.33. The summed E-state index contributed by atoms with van der Waals surface area (Å²) in [7, 11) is 0. The number of nitrogen functional groups attached to an aromatic ring is 1. The van der Waals surface area contributed by atoms with E-state index < -0.39 is 0 Å². The van der Waals surface area contributed by atoms with Gasteiger partial charge in [0, 0.05) is 6.54 Å². The van der Waals surface area contributed by atoms with Crippen molar-refractivity contribution in [2.75, 3.05) is 12.3 Å². The molecule has 0 aromatic heterocycles. The largest absolute Gasteiger partial charge is 0.397 e. The van der Waals surface area contributed by atoms with Gasteiger partial charge in [0.2, 0.25) is 0 Å². The first-order valence-corrected chi connectivity index (χ1v) is 6.52. The van der Waals surface area contributed by atoms with Gasteiger partial charge in [-0.2, -0.15) is 0 Å². The molecule has 0 spiro atoms. The number of nitrogens with one attached hydrogen (secondary N) is 1. The maximum Gasteiger partial charge on any atom is 0.253 e. The summed E-state index contributed by atoms with van der Waals surface area (Å²) >= 11 is 5.86. The Balaban J connectivity index is 1.92. The number of anilines is 1. The van der Waals surface area contributed by atoms with E-state index in [4.69, 9.17) is 17.3 Å².